The van der Waals surface area contributed by atoms with Gasteiger partial charge in [0, 0.05) is 29.0 Å². The fourth-order valence-corrected chi connectivity index (χ4v) is 2.30. The number of nitrogens with zero attached hydrogens (tertiary/aromatic N) is 4. The summed E-state index contributed by atoms with van der Waals surface area (Å²) in [6.07, 6.45) is 5.41. The number of nitrogens with one attached hydrogen (secondary N) is 1. The standard InChI is InChI=1S/C15H11N5/c1-2-12-7-9-20(15(12)16-8-1)13-5-3-11(4-6-13)14-17-10-18-19-14/h1-10H,(H,17,18,19). The maximum Gasteiger partial charge on any atom is 0.161 e. The van der Waals surface area contributed by atoms with Crippen molar-refractivity contribution in [3.8, 4) is 17.1 Å². The summed E-state index contributed by atoms with van der Waals surface area (Å²) in [7, 11) is 0. The highest BCUT2D eigenvalue weighted by atomic mass is 15.2. The van der Waals surface area contributed by atoms with E-state index < -0.39 is 0 Å². The number of aromatic amines is 1. The second-order valence-electron chi connectivity index (χ2n) is 4.49. The van der Waals surface area contributed by atoms with Crippen LogP contribution in [0.3, 0.4) is 0 Å². The number of H-pyrrole nitrogens is 1. The monoisotopic (exact) mass is 261 g/mol. The van der Waals surface area contributed by atoms with E-state index in [-0.39, 0.29) is 0 Å². The molecule has 1 aromatic carbocycles. The predicted octanol–water partition coefficient (Wildman–Crippen LogP) is 2.81. The predicted molar refractivity (Wildman–Crippen MR) is 76.4 cm³/mol. The average Bonchev–Trinajstić information content (AvgIpc) is 3.17. The van der Waals surface area contributed by atoms with E-state index >= 15 is 0 Å². The highest BCUT2D eigenvalue weighted by Gasteiger charge is 2.05. The van der Waals surface area contributed by atoms with Crippen molar-refractivity contribution in [2.75, 3.05) is 0 Å². The first-order valence-corrected chi connectivity index (χ1v) is 6.31. The van der Waals surface area contributed by atoms with Crippen LogP contribution >= 0.6 is 0 Å². The van der Waals surface area contributed by atoms with Gasteiger partial charge >= 0.3 is 0 Å². The van der Waals surface area contributed by atoms with Gasteiger partial charge in [-0.3, -0.25) is 0 Å². The molecule has 3 heterocycles. The summed E-state index contributed by atoms with van der Waals surface area (Å²) in [6, 6.07) is 14.2. The van der Waals surface area contributed by atoms with Crippen molar-refractivity contribution in [2.24, 2.45) is 0 Å². The van der Waals surface area contributed by atoms with Crippen LogP contribution in [0.15, 0.2) is 61.2 Å². The van der Waals surface area contributed by atoms with Crippen molar-refractivity contribution >= 4 is 11.0 Å². The topological polar surface area (TPSA) is 59.4 Å². The van der Waals surface area contributed by atoms with Gasteiger partial charge in [-0.2, -0.15) is 0 Å². The van der Waals surface area contributed by atoms with E-state index in [9.17, 15) is 0 Å². The first kappa shape index (κ1) is 10.9. The third-order valence-corrected chi connectivity index (χ3v) is 3.28. The molecule has 5 heteroatoms. The Morgan fingerprint density at radius 2 is 1.90 bits per heavy atom. The number of aromatic nitrogens is 5. The van der Waals surface area contributed by atoms with Gasteiger partial charge in [-0.15, -0.1) is 10.2 Å². The minimum absolute atomic E-state index is 0.770. The van der Waals surface area contributed by atoms with Crippen LogP contribution in [0.4, 0.5) is 0 Å². The third-order valence-electron chi connectivity index (χ3n) is 3.28. The first-order valence-electron chi connectivity index (χ1n) is 6.31. The molecule has 3 aromatic heterocycles. The molecule has 0 unspecified atom stereocenters. The van der Waals surface area contributed by atoms with Crippen molar-refractivity contribution in [3.63, 3.8) is 0 Å². The summed E-state index contributed by atoms with van der Waals surface area (Å²) in [5, 5.41) is 8.93. The molecule has 0 radical (unpaired) electrons. The van der Waals surface area contributed by atoms with Crippen molar-refractivity contribution in [1.29, 1.82) is 0 Å². The molecule has 0 bridgehead atoms. The average molecular weight is 261 g/mol. The van der Waals surface area contributed by atoms with Gasteiger partial charge in [0.25, 0.3) is 0 Å². The number of hydrogen-bond donors (Lipinski definition) is 1. The summed E-state index contributed by atoms with van der Waals surface area (Å²) in [5.41, 5.74) is 3.04. The fourth-order valence-electron chi connectivity index (χ4n) is 2.30. The Morgan fingerprint density at radius 1 is 1.00 bits per heavy atom. The van der Waals surface area contributed by atoms with Crippen molar-refractivity contribution < 1.29 is 0 Å². The molecule has 0 spiro atoms. The van der Waals surface area contributed by atoms with E-state index in [0.29, 0.717) is 0 Å². The van der Waals surface area contributed by atoms with Gasteiger partial charge in [0.15, 0.2) is 5.82 Å². The Hall–Kier alpha value is -2.95. The van der Waals surface area contributed by atoms with Crippen LogP contribution in [0.25, 0.3) is 28.1 Å². The lowest BCUT2D eigenvalue weighted by atomic mass is 10.2. The maximum absolute atomic E-state index is 4.42. The molecule has 5 nitrogen and oxygen atoms in total. The van der Waals surface area contributed by atoms with Crippen LogP contribution in [0.1, 0.15) is 0 Å². The largest absolute Gasteiger partial charge is 0.328 e. The third kappa shape index (κ3) is 1.68. The lowest BCUT2D eigenvalue weighted by Crippen LogP contribution is -1.93. The number of benzene rings is 1. The van der Waals surface area contributed by atoms with Gasteiger partial charge in [0.1, 0.15) is 12.0 Å². The zero-order valence-electron chi connectivity index (χ0n) is 10.6. The fraction of sp³-hybridized carbons (Fsp3) is 0. The summed E-state index contributed by atoms with van der Waals surface area (Å²) in [4.78, 5) is 7.42. The van der Waals surface area contributed by atoms with E-state index in [1.165, 1.54) is 0 Å². The molecule has 4 aromatic rings. The smallest absolute Gasteiger partial charge is 0.161 e. The number of fused-ring (bicyclic) bond motifs is 1. The van der Waals surface area contributed by atoms with Crippen LogP contribution in [0, 0.1) is 0 Å². The van der Waals surface area contributed by atoms with Crippen LogP contribution in [0.2, 0.25) is 0 Å². The minimum Gasteiger partial charge on any atom is -0.328 e. The lowest BCUT2D eigenvalue weighted by molar-refractivity contribution is 1.08. The van der Waals surface area contributed by atoms with E-state index in [2.05, 4.69) is 36.9 Å². The second-order valence-corrected chi connectivity index (χ2v) is 4.49. The lowest BCUT2D eigenvalue weighted by Gasteiger charge is -2.05. The zero-order chi connectivity index (χ0) is 13.4. The molecule has 96 valence electrons. The Morgan fingerprint density at radius 3 is 2.70 bits per heavy atom. The van der Waals surface area contributed by atoms with E-state index in [1.807, 2.05) is 42.7 Å². The van der Waals surface area contributed by atoms with Crippen LogP contribution in [0.5, 0.6) is 0 Å². The van der Waals surface area contributed by atoms with Gasteiger partial charge < -0.3 is 9.55 Å². The van der Waals surface area contributed by atoms with E-state index in [4.69, 9.17) is 0 Å². The quantitative estimate of drug-likeness (QED) is 0.603. The van der Waals surface area contributed by atoms with Gasteiger partial charge in [-0.05, 0) is 42.5 Å². The van der Waals surface area contributed by atoms with Crippen molar-refractivity contribution in [2.45, 2.75) is 0 Å². The molecule has 20 heavy (non-hydrogen) atoms. The van der Waals surface area contributed by atoms with Crippen LogP contribution in [-0.2, 0) is 0 Å². The molecule has 0 atom stereocenters. The Balaban J connectivity index is 1.79. The summed E-state index contributed by atoms with van der Waals surface area (Å²) in [6.45, 7) is 0. The molecule has 0 aliphatic carbocycles. The second kappa shape index (κ2) is 4.31. The highest BCUT2D eigenvalue weighted by Crippen LogP contribution is 2.21. The van der Waals surface area contributed by atoms with Gasteiger partial charge in [-0.1, -0.05) is 0 Å². The first-order chi connectivity index (χ1) is 9.92. The Kier molecular flexibility index (Phi) is 2.35. The van der Waals surface area contributed by atoms with Gasteiger partial charge in [0.05, 0.1) is 0 Å². The van der Waals surface area contributed by atoms with Crippen LogP contribution < -0.4 is 0 Å². The molecule has 0 amide bonds. The van der Waals surface area contributed by atoms with Crippen molar-refractivity contribution in [1.82, 2.24) is 24.7 Å². The highest BCUT2D eigenvalue weighted by molar-refractivity contribution is 5.78. The molecule has 0 saturated heterocycles. The number of pyridine rings is 1. The molecular weight excluding hydrogens is 250 g/mol. The Labute approximate surface area is 114 Å². The van der Waals surface area contributed by atoms with E-state index in [0.717, 1.165) is 28.1 Å². The van der Waals surface area contributed by atoms with Gasteiger partial charge in [-0.25, -0.2) is 4.98 Å². The molecule has 1 N–H and O–H groups in total. The van der Waals surface area contributed by atoms with Crippen molar-refractivity contribution in [3.05, 3.63) is 61.2 Å². The summed E-state index contributed by atoms with van der Waals surface area (Å²) >= 11 is 0. The van der Waals surface area contributed by atoms with Gasteiger partial charge in [0.2, 0.25) is 0 Å². The van der Waals surface area contributed by atoms with E-state index in [1.54, 1.807) is 6.33 Å². The number of hydrogen-bond acceptors (Lipinski definition) is 3. The molecule has 4 rings (SSSR count). The molecular formula is C15H11N5. The molecule has 0 saturated carbocycles. The zero-order valence-corrected chi connectivity index (χ0v) is 10.6. The Bertz CT molecular complexity index is 844. The molecule has 0 fully saturated rings. The normalized spacial score (nSPS) is 11.0. The summed E-state index contributed by atoms with van der Waals surface area (Å²) in [5.74, 6) is 0.770. The molecule has 0 aliphatic heterocycles. The molecule has 0 aliphatic rings. The maximum atomic E-state index is 4.42. The minimum atomic E-state index is 0.770. The summed E-state index contributed by atoms with van der Waals surface area (Å²) < 4.78 is 2.07. The SMILES string of the molecule is c1cnc2c(c1)ccn2-c1ccc(-c2nnc[nH]2)cc1. The van der Waals surface area contributed by atoms with Crippen LogP contribution in [-0.4, -0.2) is 24.7 Å². The number of rotatable bonds is 2.